The van der Waals surface area contributed by atoms with Gasteiger partial charge in [0.1, 0.15) is 17.3 Å². The van der Waals surface area contributed by atoms with Crippen LogP contribution in [0, 0.1) is 5.82 Å². The van der Waals surface area contributed by atoms with Gasteiger partial charge in [-0.2, -0.15) is 0 Å². The second kappa shape index (κ2) is 6.31. The maximum atomic E-state index is 13.8. The third kappa shape index (κ3) is 2.71. The van der Waals surface area contributed by atoms with Gasteiger partial charge >= 0.3 is 0 Å². The van der Waals surface area contributed by atoms with Crippen molar-refractivity contribution in [1.29, 1.82) is 0 Å². The Labute approximate surface area is 138 Å². The zero-order valence-corrected chi connectivity index (χ0v) is 13.1. The molecule has 0 unspecified atom stereocenters. The van der Waals surface area contributed by atoms with Crippen LogP contribution in [0.15, 0.2) is 24.3 Å². The normalized spacial score (nSPS) is 12.4. The summed E-state index contributed by atoms with van der Waals surface area (Å²) in [6, 6.07) is 6.02. The predicted molar refractivity (Wildman–Crippen MR) is 85.3 cm³/mol. The van der Waals surface area contributed by atoms with Crippen LogP contribution in [-0.4, -0.2) is 25.9 Å². The molecule has 0 saturated heterocycles. The molecule has 1 heterocycles. The van der Waals surface area contributed by atoms with Crippen LogP contribution >= 0.6 is 0 Å². The summed E-state index contributed by atoms with van der Waals surface area (Å²) in [4.78, 5) is 22.4. The summed E-state index contributed by atoms with van der Waals surface area (Å²) in [5, 5.41) is 0. The molecule has 0 aromatic heterocycles. The van der Waals surface area contributed by atoms with Crippen LogP contribution in [-0.2, 0) is 12.8 Å². The highest BCUT2D eigenvalue weighted by molar-refractivity contribution is 5.97. The molecule has 2 aromatic carbocycles. The molecular formula is C18H16FNO4. The minimum Gasteiger partial charge on any atom is -0.495 e. The van der Waals surface area contributed by atoms with Gasteiger partial charge in [-0.15, -0.1) is 0 Å². The minimum atomic E-state index is -0.592. The maximum Gasteiger partial charge on any atom is 0.252 e. The van der Waals surface area contributed by atoms with Crippen molar-refractivity contribution in [2.45, 2.75) is 12.8 Å². The molecule has 2 N–H and O–H groups in total. The van der Waals surface area contributed by atoms with Gasteiger partial charge in [0.25, 0.3) is 5.91 Å². The van der Waals surface area contributed by atoms with E-state index in [0.29, 0.717) is 42.8 Å². The summed E-state index contributed by atoms with van der Waals surface area (Å²) in [6.45, 7) is 0.485. The van der Waals surface area contributed by atoms with E-state index in [4.69, 9.17) is 15.2 Å². The van der Waals surface area contributed by atoms with E-state index in [9.17, 15) is 14.0 Å². The Morgan fingerprint density at radius 1 is 1.42 bits per heavy atom. The smallest absolute Gasteiger partial charge is 0.252 e. The van der Waals surface area contributed by atoms with Crippen LogP contribution in [0.4, 0.5) is 4.39 Å². The molecule has 0 spiro atoms. The van der Waals surface area contributed by atoms with E-state index in [0.717, 1.165) is 11.1 Å². The summed E-state index contributed by atoms with van der Waals surface area (Å²) in [7, 11) is 1.48. The summed E-state index contributed by atoms with van der Waals surface area (Å²) >= 11 is 0. The van der Waals surface area contributed by atoms with Gasteiger partial charge in [-0.25, -0.2) is 4.39 Å². The maximum absolute atomic E-state index is 13.8. The molecule has 1 amide bonds. The van der Waals surface area contributed by atoms with Gasteiger partial charge in [-0.1, -0.05) is 6.07 Å². The number of ether oxygens (including phenoxy) is 2. The highest BCUT2D eigenvalue weighted by Crippen LogP contribution is 2.40. The summed E-state index contributed by atoms with van der Waals surface area (Å²) < 4.78 is 24.8. The number of benzene rings is 2. The number of amides is 1. The van der Waals surface area contributed by atoms with Crippen molar-refractivity contribution in [2.75, 3.05) is 13.7 Å². The summed E-state index contributed by atoms with van der Waals surface area (Å²) in [5.74, 6) is -0.0908. The number of primary amides is 1. The van der Waals surface area contributed by atoms with Crippen molar-refractivity contribution in [3.8, 4) is 11.5 Å². The summed E-state index contributed by atoms with van der Waals surface area (Å²) in [6.07, 6.45) is 1.44. The van der Waals surface area contributed by atoms with Gasteiger partial charge in [0.05, 0.1) is 24.8 Å². The number of carbonyl (C=O) groups excluding carboxylic acids is 2. The van der Waals surface area contributed by atoms with Gasteiger partial charge in [-0.3, -0.25) is 9.59 Å². The van der Waals surface area contributed by atoms with E-state index in [-0.39, 0.29) is 11.1 Å². The van der Waals surface area contributed by atoms with Gasteiger partial charge in [-0.05, 0) is 29.3 Å². The Kier molecular flexibility index (Phi) is 4.20. The van der Waals surface area contributed by atoms with Crippen molar-refractivity contribution >= 4 is 12.2 Å². The molecular weight excluding hydrogens is 313 g/mol. The molecule has 0 fully saturated rings. The monoisotopic (exact) mass is 329 g/mol. The molecule has 5 nitrogen and oxygen atoms in total. The molecule has 24 heavy (non-hydrogen) atoms. The first-order valence-electron chi connectivity index (χ1n) is 7.44. The highest BCUT2D eigenvalue weighted by atomic mass is 19.1. The third-order valence-electron chi connectivity index (χ3n) is 4.06. The summed E-state index contributed by atoms with van der Waals surface area (Å²) in [5.41, 5.74) is 7.93. The lowest BCUT2D eigenvalue weighted by atomic mass is 9.96. The molecule has 0 radical (unpaired) electrons. The van der Waals surface area contributed by atoms with Crippen LogP contribution in [0.25, 0.3) is 0 Å². The number of hydrogen-bond acceptors (Lipinski definition) is 4. The molecule has 1 aliphatic rings. The molecule has 6 heteroatoms. The number of fused-ring (bicyclic) bond motifs is 1. The Hall–Kier alpha value is -2.89. The van der Waals surface area contributed by atoms with Crippen molar-refractivity contribution in [1.82, 2.24) is 0 Å². The number of rotatable bonds is 5. The molecule has 0 saturated carbocycles. The zero-order valence-electron chi connectivity index (χ0n) is 13.1. The molecule has 0 atom stereocenters. The molecule has 2 aromatic rings. The fraction of sp³-hybridized carbons (Fsp3) is 0.222. The quantitative estimate of drug-likeness (QED) is 0.854. The lowest BCUT2D eigenvalue weighted by Gasteiger charge is -2.15. The van der Waals surface area contributed by atoms with E-state index >= 15 is 0 Å². The number of aldehydes is 1. The van der Waals surface area contributed by atoms with Gasteiger partial charge < -0.3 is 15.2 Å². The Bertz CT molecular complexity index is 832. The van der Waals surface area contributed by atoms with Crippen molar-refractivity contribution < 1.29 is 23.5 Å². The van der Waals surface area contributed by atoms with E-state index < -0.39 is 11.7 Å². The number of methoxy groups -OCH3 is 1. The standard InChI is InChI=1S/C18H16FNO4/c1-23-17-13-4-5-24-16(13)12(8-14(17)18(20)22)6-10-2-3-11(9-21)15(19)7-10/h2-3,7-9H,4-6H2,1H3,(H2,20,22). The highest BCUT2D eigenvalue weighted by Gasteiger charge is 2.26. The van der Waals surface area contributed by atoms with Crippen molar-refractivity contribution in [2.24, 2.45) is 5.73 Å². The second-order valence-electron chi connectivity index (χ2n) is 5.54. The fourth-order valence-corrected chi connectivity index (χ4v) is 2.97. The first-order chi connectivity index (χ1) is 11.5. The number of carbonyl (C=O) groups is 2. The van der Waals surface area contributed by atoms with Gasteiger partial charge in [0, 0.05) is 18.4 Å². The SMILES string of the molecule is COc1c(C(N)=O)cc(Cc2ccc(C=O)c(F)c2)c2c1CCO2. The first-order valence-corrected chi connectivity index (χ1v) is 7.44. The average molecular weight is 329 g/mol. The van der Waals surface area contributed by atoms with Crippen LogP contribution in [0.5, 0.6) is 11.5 Å². The molecule has 1 aliphatic heterocycles. The largest absolute Gasteiger partial charge is 0.495 e. The van der Waals surface area contributed by atoms with E-state index in [1.54, 1.807) is 12.1 Å². The third-order valence-corrected chi connectivity index (χ3v) is 4.06. The predicted octanol–water partition coefficient (Wildman–Crippen LogP) is 2.27. The van der Waals surface area contributed by atoms with Crippen LogP contribution in [0.2, 0.25) is 0 Å². The van der Waals surface area contributed by atoms with E-state index in [1.807, 2.05) is 0 Å². The van der Waals surface area contributed by atoms with Crippen molar-refractivity contribution in [3.63, 3.8) is 0 Å². The Morgan fingerprint density at radius 3 is 2.83 bits per heavy atom. The molecule has 124 valence electrons. The molecule has 0 aliphatic carbocycles. The molecule has 3 rings (SSSR count). The van der Waals surface area contributed by atoms with Gasteiger partial charge in [0.2, 0.25) is 0 Å². The lowest BCUT2D eigenvalue weighted by molar-refractivity contribution is 0.0996. The van der Waals surface area contributed by atoms with Crippen LogP contribution < -0.4 is 15.2 Å². The number of halogens is 1. The Morgan fingerprint density at radius 2 is 2.21 bits per heavy atom. The average Bonchev–Trinajstić information content (AvgIpc) is 3.04. The first kappa shape index (κ1) is 16.0. The number of nitrogens with two attached hydrogens (primary N) is 1. The fourth-order valence-electron chi connectivity index (χ4n) is 2.97. The molecule has 0 bridgehead atoms. The topological polar surface area (TPSA) is 78.6 Å². The van der Waals surface area contributed by atoms with Crippen LogP contribution in [0.1, 0.15) is 37.4 Å². The van der Waals surface area contributed by atoms with Gasteiger partial charge in [0.15, 0.2) is 6.29 Å². The lowest BCUT2D eigenvalue weighted by Crippen LogP contribution is -2.14. The van der Waals surface area contributed by atoms with Crippen LogP contribution in [0.3, 0.4) is 0 Å². The minimum absolute atomic E-state index is 0.00721. The zero-order chi connectivity index (χ0) is 17.3. The van der Waals surface area contributed by atoms with E-state index in [2.05, 4.69) is 0 Å². The Balaban J connectivity index is 2.07. The second-order valence-corrected chi connectivity index (χ2v) is 5.54. The van der Waals surface area contributed by atoms with Crippen molar-refractivity contribution in [3.05, 3.63) is 57.9 Å². The van der Waals surface area contributed by atoms with E-state index in [1.165, 1.54) is 19.2 Å². The number of hydrogen-bond donors (Lipinski definition) is 1.